The Labute approximate surface area is 105 Å². The summed E-state index contributed by atoms with van der Waals surface area (Å²) < 4.78 is 13.9. The summed E-state index contributed by atoms with van der Waals surface area (Å²) in [7, 11) is 3.22. The van der Waals surface area contributed by atoms with Crippen molar-refractivity contribution >= 4 is 17.5 Å². The van der Waals surface area contributed by atoms with E-state index >= 15 is 0 Å². The minimum Gasteiger partial charge on any atom is -0.345 e. The van der Waals surface area contributed by atoms with Crippen LogP contribution in [0, 0.1) is 5.82 Å². The number of rotatable bonds is 2. The lowest BCUT2D eigenvalue weighted by atomic mass is 10.1. The number of amides is 2. The second-order valence-corrected chi connectivity index (χ2v) is 4.51. The first-order chi connectivity index (χ1) is 8.50. The Balaban J connectivity index is 2.30. The lowest BCUT2D eigenvalue weighted by molar-refractivity contribution is -0.117. The number of hydrogen-bond acceptors (Lipinski definition) is 2. The van der Waals surface area contributed by atoms with Gasteiger partial charge >= 0.3 is 0 Å². The summed E-state index contributed by atoms with van der Waals surface area (Å²) in [6.45, 7) is 0.538. The summed E-state index contributed by atoms with van der Waals surface area (Å²) in [5, 5.41) is 0. The number of nitrogens with zero attached hydrogens (tertiary/aromatic N) is 2. The molecule has 4 nitrogen and oxygen atoms in total. The fraction of sp³-hybridized carbons (Fsp3) is 0.385. The zero-order valence-electron chi connectivity index (χ0n) is 10.4. The predicted molar refractivity (Wildman–Crippen MR) is 66.0 cm³/mol. The Bertz CT molecular complexity index is 500. The predicted octanol–water partition coefficient (Wildman–Crippen LogP) is 1.65. The minimum absolute atomic E-state index is 0.0689. The van der Waals surface area contributed by atoms with Gasteiger partial charge in [0.2, 0.25) is 5.91 Å². The molecule has 18 heavy (non-hydrogen) atoms. The molecule has 0 saturated carbocycles. The van der Waals surface area contributed by atoms with Gasteiger partial charge in [-0.05, 0) is 24.6 Å². The van der Waals surface area contributed by atoms with Crippen LogP contribution in [0.15, 0.2) is 18.2 Å². The van der Waals surface area contributed by atoms with Crippen molar-refractivity contribution in [2.45, 2.75) is 12.8 Å². The van der Waals surface area contributed by atoms with Crippen LogP contribution < -0.4 is 4.90 Å². The van der Waals surface area contributed by atoms with Gasteiger partial charge in [0, 0.05) is 32.6 Å². The molecular weight excluding hydrogens is 235 g/mol. The first kappa shape index (κ1) is 12.5. The van der Waals surface area contributed by atoms with E-state index in [2.05, 4.69) is 0 Å². The summed E-state index contributed by atoms with van der Waals surface area (Å²) in [6.07, 6.45) is 1.20. The highest BCUT2D eigenvalue weighted by atomic mass is 19.1. The maximum Gasteiger partial charge on any atom is 0.253 e. The smallest absolute Gasteiger partial charge is 0.253 e. The van der Waals surface area contributed by atoms with E-state index in [9.17, 15) is 14.0 Å². The standard InChI is InChI=1S/C13H15FN2O2/c1-15(2)13(18)9-5-6-11(10(14)8-9)16-7-3-4-12(16)17/h5-6,8H,3-4,7H2,1-2H3. The van der Waals surface area contributed by atoms with Crippen molar-refractivity contribution in [3.05, 3.63) is 29.6 Å². The molecule has 1 saturated heterocycles. The Morgan fingerprint density at radius 1 is 1.39 bits per heavy atom. The van der Waals surface area contributed by atoms with E-state index in [1.54, 1.807) is 20.2 Å². The first-order valence-electron chi connectivity index (χ1n) is 5.82. The number of halogens is 1. The maximum atomic E-state index is 13.9. The molecule has 0 bridgehead atoms. The second kappa shape index (κ2) is 4.76. The van der Waals surface area contributed by atoms with Crippen LogP contribution in [0.5, 0.6) is 0 Å². The van der Waals surface area contributed by atoms with Crippen molar-refractivity contribution in [2.75, 3.05) is 25.5 Å². The molecule has 0 atom stereocenters. The zero-order valence-corrected chi connectivity index (χ0v) is 10.4. The fourth-order valence-electron chi connectivity index (χ4n) is 2.02. The van der Waals surface area contributed by atoms with E-state index in [1.807, 2.05) is 0 Å². The molecule has 2 amide bonds. The summed E-state index contributed by atoms with van der Waals surface area (Å²) in [5.74, 6) is -0.855. The molecule has 1 fully saturated rings. The molecule has 0 N–H and O–H groups in total. The molecule has 1 heterocycles. The van der Waals surface area contributed by atoms with E-state index in [0.717, 1.165) is 6.42 Å². The third-order valence-electron chi connectivity index (χ3n) is 2.97. The monoisotopic (exact) mass is 250 g/mol. The third kappa shape index (κ3) is 2.20. The molecule has 1 aliphatic heterocycles. The van der Waals surface area contributed by atoms with E-state index in [4.69, 9.17) is 0 Å². The van der Waals surface area contributed by atoms with Crippen LogP contribution in [0.2, 0.25) is 0 Å². The summed E-state index contributed by atoms with van der Waals surface area (Å²) in [5.41, 5.74) is 0.542. The van der Waals surface area contributed by atoms with Gasteiger partial charge in [0.05, 0.1) is 5.69 Å². The second-order valence-electron chi connectivity index (χ2n) is 4.51. The van der Waals surface area contributed by atoms with E-state index in [1.165, 1.54) is 21.9 Å². The molecular formula is C13H15FN2O2. The number of anilines is 1. The van der Waals surface area contributed by atoms with Gasteiger partial charge < -0.3 is 9.80 Å². The van der Waals surface area contributed by atoms with Gasteiger partial charge in [0.15, 0.2) is 0 Å². The minimum atomic E-state index is -0.530. The molecule has 1 aromatic rings. The van der Waals surface area contributed by atoms with Crippen molar-refractivity contribution < 1.29 is 14.0 Å². The molecule has 0 spiro atoms. The van der Waals surface area contributed by atoms with Gasteiger partial charge in [0.1, 0.15) is 5.82 Å². The molecule has 1 aliphatic rings. The van der Waals surface area contributed by atoms with Gasteiger partial charge in [0.25, 0.3) is 5.91 Å². The van der Waals surface area contributed by atoms with Crippen molar-refractivity contribution in [1.82, 2.24) is 4.90 Å². The van der Waals surface area contributed by atoms with Crippen molar-refractivity contribution in [3.8, 4) is 0 Å². The molecule has 2 rings (SSSR count). The fourth-order valence-corrected chi connectivity index (χ4v) is 2.02. The topological polar surface area (TPSA) is 40.6 Å². The van der Waals surface area contributed by atoms with E-state index in [-0.39, 0.29) is 23.1 Å². The van der Waals surface area contributed by atoms with Gasteiger partial charge in [-0.15, -0.1) is 0 Å². The van der Waals surface area contributed by atoms with Crippen LogP contribution in [0.3, 0.4) is 0 Å². The molecule has 5 heteroatoms. The number of carbonyl (C=O) groups is 2. The summed E-state index contributed by atoms with van der Waals surface area (Å²) in [4.78, 5) is 26.0. The Hall–Kier alpha value is -1.91. The van der Waals surface area contributed by atoms with Gasteiger partial charge in [-0.1, -0.05) is 0 Å². The average molecular weight is 250 g/mol. The van der Waals surface area contributed by atoms with Crippen molar-refractivity contribution in [3.63, 3.8) is 0 Å². The molecule has 0 radical (unpaired) electrons. The summed E-state index contributed by atoms with van der Waals surface area (Å²) >= 11 is 0. The highest BCUT2D eigenvalue weighted by Crippen LogP contribution is 2.25. The highest BCUT2D eigenvalue weighted by molar-refractivity contribution is 5.97. The van der Waals surface area contributed by atoms with E-state index in [0.29, 0.717) is 13.0 Å². The van der Waals surface area contributed by atoms with Crippen LogP contribution in [-0.2, 0) is 4.79 Å². The number of carbonyl (C=O) groups excluding carboxylic acids is 2. The third-order valence-corrected chi connectivity index (χ3v) is 2.97. The van der Waals surface area contributed by atoms with Gasteiger partial charge in [-0.25, -0.2) is 4.39 Å². The van der Waals surface area contributed by atoms with Gasteiger partial charge in [-0.2, -0.15) is 0 Å². The van der Waals surface area contributed by atoms with Crippen LogP contribution in [0.25, 0.3) is 0 Å². The number of hydrogen-bond donors (Lipinski definition) is 0. The highest BCUT2D eigenvalue weighted by Gasteiger charge is 2.24. The largest absolute Gasteiger partial charge is 0.345 e. The Morgan fingerprint density at radius 2 is 2.11 bits per heavy atom. The quantitative estimate of drug-likeness (QED) is 0.800. The molecule has 0 aliphatic carbocycles. The SMILES string of the molecule is CN(C)C(=O)c1ccc(N2CCCC2=O)c(F)c1. The van der Waals surface area contributed by atoms with Crippen LogP contribution in [0.4, 0.5) is 10.1 Å². The first-order valence-corrected chi connectivity index (χ1v) is 5.82. The lowest BCUT2D eigenvalue weighted by Crippen LogP contribution is -2.25. The average Bonchev–Trinajstić information content (AvgIpc) is 2.74. The lowest BCUT2D eigenvalue weighted by Gasteiger charge is -2.17. The Morgan fingerprint density at radius 3 is 2.61 bits per heavy atom. The Kier molecular flexibility index (Phi) is 3.32. The summed E-state index contributed by atoms with van der Waals surface area (Å²) in [6, 6.07) is 4.23. The zero-order chi connectivity index (χ0) is 13.3. The number of benzene rings is 1. The molecule has 1 aromatic carbocycles. The van der Waals surface area contributed by atoms with Crippen LogP contribution >= 0.6 is 0 Å². The molecule has 96 valence electrons. The van der Waals surface area contributed by atoms with Crippen LogP contribution in [0.1, 0.15) is 23.2 Å². The molecule has 0 aromatic heterocycles. The van der Waals surface area contributed by atoms with Crippen LogP contribution in [-0.4, -0.2) is 37.4 Å². The molecule has 0 unspecified atom stereocenters. The maximum absolute atomic E-state index is 13.9. The van der Waals surface area contributed by atoms with Crippen molar-refractivity contribution in [1.29, 1.82) is 0 Å². The van der Waals surface area contributed by atoms with Crippen molar-refractivity contribution in [2.24, 2.45) is 0 Å². The normalized spacial score (nSPS) is 15.1. The van der Waals surface area contributed by atoms with Gasteiger partial charge in [-0.3, -0.25) is 9.59 Å². The van der Waals surface area contributed by atoms with E-state index < -0.39 is 5.82 Å².